The molecule has 25 heavy (non-hydrogen) atoms. The van der Waals surface area contributed by atoms with Gasteiger partial charge in [0.1, 0.15) is 18.9 Å². The lowest BCUT2D eigenvalue weighted by molar-refractivity contribution is 0.0967. The van der Waals surface area contributed by atoms with E-state index < -0.39 is 0 Å². The van der Waals surface area contributed by atoms with Crippen molar-refractivity contribution < 1.29 is 4.79 Å². The second kappa shape index (κ2) is 6.73. The van der Waals surface area contributed by atoms with Gasteiger partial charge >= 0.3 is 0 Å². The molecule has 6 nitrogen and oxygen atoms in total. The first-order chi connectivity index (χ1) is 12.0. The second-order valence-electron chi connectivity index (χ2n) is 6.04. The zero-order valence-corrected chi connectivity index (χ0v) is 14.5. The summed E-state index contributed by atoms with van der Waals surface area (Å²) in [6.45, 7) is 6.16. The molecule has 3 aromatic rings. The molecule has 0 bridgehead atoms. The van der Waals surface area contributed by atoms with Crippen LogP contribution in [-0.2, 0) is 6.54 Å². The molecule has 6 heteroatoms. The average molecular weight is 333 g/mol. The van der Waals surface area contributed by atoms with Crippen molar-refractivity contribution in [1.82, 2.24) is 19.3 Å². The summed E-state index contributed by atoms with van der Waals surface area (Å²) >= 11 is 0. The summed E-state index contributed by atoms with van der Waals surface area (Å²) in [5, 5.41) is 12.7. The second-order valence-corrected chi connectivity index (χ2v) is 6.04. The molecule has 0 amide bonds. The molecule has 0 fully saturated rings. The van der Waals surface area contributed by atoms with E-state index in [0.29, 0.717) is 5.56 Å². The van der Waals surface area contributed by atoms with Crippen LogP contribution >= 0.6 is 0 Å². The molecule has 3 rings (SSSR count). The smallest absolute Gasteiger partial charge is 0.252 e. The van der Waals surface area contributed by atoms with E-state index in [1.54, 1.807) is 0 Å². The monoisotopic (exact) mass is 333 g/mol. The van der Waals surface area contributed by atoms with E-state index in [0.717, 1.165) is 11.4 Å². The summed E-state index contributed by atoms with van der Waals surface area (Å²) in [6.07, 6.45) is 1.40. The molecule has 0 saturated carbocycles. The number of carbonyl (C=O) groups is 1. The summed E-state index contributed by atoms with van der Waals surface area (Å²) < 4.78 is 3.57. The zero-order chi connectivity index (χ0) is 18.0. The van der Waals surface area contributed by atoms with Crippen LogP contribution in [0.4, 0.5) is 0 Å². The van der Waals surface area contributed by atoms with E-state index in [1.165, 1.54) is 16.6 Å². The summed E-state index contributed by atoms with van der Waals surface area (Å²) in [4.78, 5) is 16.5. The highest BCUT2D eigenvalue weighted by Crippen LogP contribution is 2.25. The quantitative estimate of drug-likeness (QED) is 0.672. The number of nitriles is 1. The fourth-order valence-electron chi connectivity index (χ4n) is 3.19. The van der Waals surface area contributed by atoms with E-state index in [4.69, 9.17) is 5.26 Å². The third kappa shape index (κ3) is 3.22. The van der Waals surface area contributed by atoms with Crippen molar-refractivity contribution >= 4 is 5.78 Å². The molecule has 0 radical (unpaired) electrons. The normalized spacial score (nSPS) is 11.9. The SMILES string of the molecule is Cc1cc(C(=O)Cn2cnc(C#N)n2)c(C)n1C(C)c1ccccc1. The van der Waals surface area contributed by atoms with E-state index in [-0.39, 0.29) is 24.2 Å². The number of benzene rings is 1. The molecule has 1 unspecified atom stereocenters. The molecule has 0 aliphatic heterocycles. The Labute approximate surface area is 146 Å². The van der Waals surface area contributed by atoms with Gasteiger partial charge in [0.15, 0.2) is 5.78 Å². The number of hydrogen-bond donors (Lipinski definition) is 0. The number of aromatic nitrogens is 4. The minimum absolute atomic E-state index is 0.0472. The minimum atomic E-state index is -0.0472. The summed E-state index contributed by atoms with van der Waals surface area (Å²) in [5.41, 5.74) is 3.83. The first-order valence-corrected chi connectivity index (χ1v) is 8.07. The van der Waals surface area contributed by atoms with Gasteiger partial charge in [-0.2, -0.15) is 5.26 Å². The molecule has 0 saturated heterocycles. The standard InChI is InChI=1S/C19H19N5O/c1-13-9-17(18(25)11-23-12-21-19(10-20)22-23)15(3)24(13)14(2)16-7-5-4-6-8-16/h4-9,12,14H,11H2,1-3H3. The maximum Gasteiger partial charge on any atom is 0.252 e. The zero-order valence-electron chi connectivity index (χ0n) is 14.5. The van der Waals surface area contributed by atoms with Gasteiger partial charge in [0.2, 0.25) is 0 Å². The molecule has 2 heterocycles. The van der Waals surface area contributed by atoms with Crippen LogP contribution in [0.25, 0.3) is 0 Å². The van der Waals surface area contributed by atoms with Gasteiger partial charge in [-0.1, -0.05) is 30.3 Å². The van der Waals surface area contributed by atoms with Gasteiger partial charge in [0.25, 0.3) is 5.82 Å². The van der Waals surface area contributed by atoms with E-state index >= 15 is 0 Å². The first-order valence-electron chi connectivity index (χ1n) is 8.07. The number of ketones is 1. The molecule has 1 atom stereocenters. The predicted octanol–water partition coefficient (Wildman–Crippen LogP) is 3.06. The van der Waals surface area contributed by atoms with Gasteiger partial charge < -0.3 is 4.57 Å². The van der Waals surface area contributed by atoms with Gasteiger partial charge in [-0.25, -0.2) is 9.67 Å². The van der Waals surface area contributed by atoms with Crippen LogP contribution in [0.15, 0.2) is 42.7 Å². The third-order valence-corrected chi connectivity index (χ3v) is 4.40. The van der Waals surface area contributed by atoms with Crippen molar-refractivity contribution in [2.45, 2.75) is 33.4 Å². The molecular weight excluding hydrogens is 314 g/mol. The Kier molecular flexibility index (Phi) is 4.48. The van der Waals surface area contributed by atoms with Crippen molar-refractivity contribution in [1.29, 1.82) is 5.26 Å². The summed E-state index contributed by atoms with van der Waals surface area (Å²) in [7, 11) is 0. The maximum atomic E-state index is 12.7. The van der Waals surface area contributed by atoms with E-state index in [9.17, 15) is 4.79 Å². The molecular formula is C19H19N5O. The molecule has 1 aromatic carbocycles. The van der Waals surface area contributed by atoms with Crippen molar-refractivity contribution in [3.05, 3.63) is 71.1 Å². The molecule has 0 spiro atoms. The predicted molar refractivity (Wildman–Crippen MR) is 93.2 cm³/mol. The van der Waals surface area contributed by atoms with Crippen molar-refractivity contribution in [2.75, 3.05) is 0 Å². The van der Waals surface area contributed by atoms with E-state index in [1.807, 2.05) is 44.2 Å². The van der Waals surface area contributed by atoms with Crippen LogP contribution < -0.4 is 0 Å². The number of carbonyl (C=O) groups excluding carboxylic acids is 1. The number of nitrogens with zero attached hydrogens (tertiary/aromatic N) is 5. The summed E-state index contributed by atoms with van der Waals surface area (Å²) in [6, 6.07) is 14.1. The number of hydrogen-bond acceptors (Lipinski definition) is 4. The molecule has 126 valence electrons. The van der Waals surface area contributed by atoms with Crippen LogP contribution in [-0.4, -0.2) is 25.1 Å². The van der Waals surface area contributed by atoms with Crippen LogP contribution in [0, 0.1) is 25.2 Å². The first kappa shape index (κ1) is 16.7. The maximum absolute atomic E-state index is 12.7. The van der Waals surface area contributed by atoms with Gasteiger partial charge in [0.05, 0.1) is 6.04 Å². The number of aryl methyl sites for hydroxylation is 1. The van der Waals surface area contributed by atoms with Gasteiger partial charge in [-0.05, 0) is 32.4 Å². The lowest BCUT2D eigenvalue weighted by atomic mass is 10.1. The largest absolute Gasteiger partial charge is 0.341 e. The minimum Gasteiger partial charge on any atom is -0.341 e. The molecule has 0 aliphatic rings. The molecule has 0 N–H and O–H groups in total. The fraction of sp³-hybridized carbons (Fsp3) is 0.263. The Morgan fingerprint density at radius 1 is 1.28 bits per heavy atom. The fourth-order valence-corrected chi connectivity index (χ4v) is 3.19. The van der Waals surface area contributed by atoms with Crippen LogP contribution in [0.2, 0.25) is 0 Å². The van der Waals surface area contributed by atoms with Gasteiger partial charge in [0, 0.05) is 17.0 Å². The van der Waals surface area contributed by atoms with Gasteiger partial charge in [-0.3, -0.25) is 4.79 Å². The highest BCUT2D eigenvalue weighted by atomic mass is 16.1. The Morgan fingerprint density at radius 2 is 2.00 bits per heavy atom. The number of rotatable bonds is 5. The molecule has 2 aromatic heterocycles. The average Bonchev–Trinajstić information content (AvgIpc) is 3.19. The van der Waals surface area contributed by atoms with Crippen molar-refractivity contribution in [3.63, 3.8) is 0 Å². The van der Waals surface area contributed by atoms with Crippen LogP contribution in [0.1, 0.15) is 46.1 Å². The topological polar surface area (TPSA) is 76.5 Å². The van der Waals surface area contributed by atoms with Crippen molar-refractivity contribution in [3.8, 4) is 6.07 Å². The lowest BCUT2D eigenvalue weighted by Gasteiger charge is -2.19. The van der Waals surface area contributed by atoms with Crippen LogP contribution in [0.5, 0.6) is 0 Å². The van der Waals surface area contributed by atoms with Gasteiger partial charge in [-0.15, -0.1) is 5.10 Å². The highest BCUT2D eigenvalue weighted by Gasteiger charge is 2.20. The third-order valence-electron chi connectivity index (χ3n) is 4.40. The van der Waals surface area contributed by atoms with Crippen molar-refractivity contribution in [2.24, 2.45) is 0 Å². The lowest BCUT2D eigenvalue weighted by Crippen LogP contribution is -2.14. The highest BCUT2D eigenvalue weighted by molar-refractivity contribution is 5.97. The Hall–Kier alpha value is -3.20. The Balaban J connectivity index is 1.89. The molecule has 0 aliphatic carbocycles. The number of Topliss-reactive ketones (excluding diaryl/α,β-unsaturated/α-hetero) is 1. The van der Waals surface area contributed by atoms with Crippen LogP contribution in [0.3, 0.4) is 0 Å². The Morgan fingerprint density at radius 3 is 2.64 bits per heavy atom. The van der Waals surface area contributed by atoms with E-state index in [2.05, 4.69) is 33.7 Å². The Bertz CT molecular complexity index is 946. The summed E-state index contributed by atoms with van der Waals surface area (Å²) in [5.74, 6) is 0.0185.